The summed E-state index contributed by atoms with van der Waals surface area (Å²) in [6.07, 6.45) is 5.23. The van der Waals surface area contributed by atoms with Crippen molar-refractivity contribution in [2.45, 2.75) is 45.7 Å². The molecule has 2 heterocycles. The summed E-state index contributed by atoms with van der Waals surface area (Å²) >= 11 is 0. The van der Waals surface area contributed by atoms with Crippen molar-refractivity contribution in [2.24, 2.45) is 5.92 Å². The molecule has 2 atom stereocenters. The highest BCUT2D eigenvalue weighted by Gasteiger charge is 2.22. The van der Waals surface area contributed by atoms with Crippen LogP contribution in [-0.4, -0.2) is 48.4 Å². The van der Waals surface area contributed by atoms with Crippen LogP contribution in [0, 0.1) is 5.92 Å². The monoisotopic (exact) mass is 321 g/mol. The smallest absolute Gasteiger partial charge is 0.255 e. The second-order valence-corrected chi connectivity index (χ2v) is 6.52. The van der Waals surface area contributed by atoms with Gasteiger partial charge in [0.05, 0.1) is 11.8 Å². The first-order valence-corrected chi connectivity index (χ1v) is 8.32. The van der Waals surface area contributed by atoms with Crippen LogP contribution in [0.15, 0.2) is 23.0 Å². The molecule has 1 aromatic rings. The highest BCUT2D eigenvalue weighted by molar-refractivity contribution is 5.97. The molecule has 1 saturated heterocycles. The molecule has 1 aliphatic heterocycles. The fourth-order valence-corrected chi connectivity index (χ4v) is 2.74. The van der Waals surface area contributed by atoms with Crippen LogP contribution in [0.25, 0.3) is 0 Å². The van der Waals surface area contributed by atoms with Gasteiger partial charge in [-0.25, -0.2) is 0 Å². The van der Waals surface area contributed by atoms with E-state index in [-0.39, 0.29) is 11.8 Å². The summed E-state index contributed by atoms with van der Waals surface area (Å²) in [7, 11) is 0. The number of piperidine rings is 1. The van der Waals surface area contributed by atoms with Crippen molar-refractivity contribution in [3.63, 3.8) is 0 Å². The molecule has 128 valence electrons. The summed E-state index contributed by atoms with van der Waals surface area (Å²) < 4.78 is 4.86. The number of carbonyl (C=O) groups excluding carboxylic acids is 2. The highest BCUT2D eigenvalue weighted by atomic mass is 16.3. The predicted molar refractivity (Wildman–Crippen MR) is 88.1 cm³/mol. The van der Waals surface area contributed by atoms with Gasteiger partial charge >= 0.3 is 0 Å². The molecule has 2 rings (SSSR count). The quantitative estimate of drug-likeness (QED) is 0.835. The van der Waals surface area contributed by atoms with Crippen molar-refractivity contribution in [2.75, 3.05) is 19.6 Å². The number of hydrogen-bond acceptors (Lipinski definition) is 4. The average Bonchev–Trinajstić information content (AvgIpc) is 3.07. The van der Waals surface area contributed by atoms with Crippen LogP contribution in [-0.2, 0) is 4.79 Å². The van der Waals surface area contributed by atoms with Gasteiger partial charge in [-0.3, -0.25) is 14.5 Å². The molecular weight excluding hydrogens is 294 g/mol. The summed E-state index contributed by atoms with van der Waals surface area (Å²) in [5.41, 5.74) is 0.417. The minimum atomic E-state index is -0.578. The normalized spacial score (nSPS) is 19.1. The first kappa shape index (κ1) is 17.5. The Morgan fingerprint density at radius 2 is 2.04 bits per heavy atom. The Morgan fingerprint density at radius 1 is 1.35 bits per heavy atom. The largest absolute Gasteiger partial charge is 0.472 e. The molecule has 1 fully saturated rings. The second kappa shape index (κ2) is 8.15. The molecule has 0 aliphatic carbocycles. The van der Waals surface area contributed by atoms with Gasteiger partial charge in [-0.15, -0.1) is 0 Å². The topological polar surface area (TPSA) is 74.6 Å². The van der Waals surface area contributed by atoms with Crippen LogP contribution < -0.4 is 10.6 Å². The average molecular weight is 321 g/mol. The van der Waals surface area contributed by atoms with Crippen molar-refractivity contribution >= 4 is 11.8 Å². The van der Waals surface area contributed by atoms with Gasteiger partial charge in [-0.2, -0.15) is 0 Å². The fourth-order valence-electron chi connectivity index (χ4n) is 2.74. The zero-order valence-electron chi connectivity index (χ0n) is 14.2. The van der Waals surface area contributed by atoms with Gasteiger partial charge in [0.2, 0.25) is 5.91 Å². The maximum absolute atomic E-state index is 12.1. The molecule has 1 aliphatic rings. The van der Waals surface area contributed by atoms with Gasteiger partial charge < -0.3 is 15.1 Å². The number of hydrogen-bond donors (Lipinski definition) is 2. The predicted octanol–water partition coefficient (Wildman–Crippen LogP) is 1.63. The lowest BCUT2D eigenvalue weighted by atomic mass is 9.98. The molecule has 0 saturated carbocycles. The maximum atomic E-state index is 12.1. The lowest BCUT2D eigenvalue weighted by Crippen LogP contribution is -2.50. The van der Waals surface area contributed by atoms with Gasteiger partial charge in [0.25, 0.3) is 5.91 Å². The van der Waals surface area contributed by atoms with Gasteiger partial charge in [-0.1, -0.05) is 6.92 Å². The molecule has 0 unspecified atom stereocenters. The van der Waals surface area contributed by atoms with Crippen molar-refractivity contribution in [1.82, 2.24) is 15.5 Å². The lowest BCUT2D eigenvalue weighted by molar-refractivity contribution is -0.122. The number of nitrogens with zero attached hydrogens (tertiary/aromatic N) is 1. The molecule has 2 amide bonds. The molecule has 2 N–H and O–H groups in total. The first-order valence-electron chi connectivity index (χ1n) is 8.32. The third kappa shape index (κ3) is 5.10. The van der Waals surface area contributed by atoms with Gasteiger partial charge in [0, 0.05) is 12.6 Å². The first-order chi connectivity index (χ1) is 11.0. The molecule has 0 radical (unpaired) electrons. The number of likely N-dealkylation sites (tertiary alicyclic amines) is 1. The summed E-state index contributed by atoms with van der Waals surface area (Å²) in [4.78, 5) is 26.4. The third-order valence-corrected chi connectivity index (χ3v) is 4.54. The molecule has 6 nitrogen and oxygen atoms in total. The van der Waals surface area contributed by atoms with E-state index in [9.17, 15) is 9.59 Å². The van der Waals surface area contributed by atoms with Crippen LogP contribution in [0.5, 0.6) is 0 Å². The number of furan rings is 1. The summed E-state index contributed by atoms with van der Waals surface area (Å²) in [6, 6.07) is 1.30. The van der Waals surface area contributed by atoms with E-state index in [0.717, 1.165) is 19.0 Å². The van der Waals surface area contributed by atoms with Gasteiger partial charge in [-0.05, 0) is 51.8 Å². The molecule has 0 spiro atoms. The number of carbonyl (C=O) groups is 2. The third-order valence-electron chi connectivity index (χ3n) is 4.54. The van der Waals surface area contributed by atoms with Crippen LogP contribution in [0.3, 0.4) is 0 Å². The number of amides is 2. The maximum Gasteiger partial charge on any atom is 0.255 e. The van der Waals surface area contributed by atoms with Crippen LogP contribution in [0.4, 0.5) is 0 Å². The number of nitrogens with one attached hydrogen (secondary N) is 2. The van der Waals surface area contributed by atoms with Crippen LogP contribution >= 0.6 is 0 Å². The Balaban J connectivity index is 1.72. The summed E-state index contributed by atoms with van der Waals surface area (Å²) in [5.74, 6) is 0.324. The molecule has 6 heteroatoms. The molecule has 23 heavy (non-hydrogen) atoms. The van der Waals surface area contributed by atoms with E-state index >= 15 is 0 Å². The highest BCUT2D eigenvalue weighted by Crippen LogP contribution is 2.17. The molecule has 1 aromatic heterocycles. The van der Waals surface area contributed by atoms with Crippen molar-refractivity contribution in [3.8, 4) is 0 Å². The standard InChI is InChI=1S/C17H27N3O3/c1-12-4-7-20(8-5-12)13(2)10-18-16(21)14(3)19-17(22)15-6-9-23-11-15/h6,9,11-14H,4-5,7-8,10H2,1-3H3,(H,18,21)(H,19,22)/t13-,14-/m1/s1. The zero-order chi connectivity index (χ0) is 16.8. The Hall–Kier alpha value is -1.82. The molecule has 0 bridgehead atoms. The van der Waals surface area contributed by atoms with E-state index in [1.165, 1.54) is 25.4 Å². The van der Waals surface area contributed by atoms with Gasteiger partial charge in [0.1, 0.15) is 12.3 Å². The molecular formula is C17H27N3O3. The van der Waals surface area contributed by atoms with Crippen LogP contribution in [0.2, 0.25) is 0 Å². The molecule has 0 aromatic carbocycles. The SMILES string of the molecule is CC1CCN([C@H](C)CNC(=O)[C@@H](C)NC(=O)c2ccoc2)CC1. The van der Waals surface area contributed by atoms with Crippen molar-refractivity contribution in [1.29, 1.82) is 0 Å². The second-order valence-electron chi connectivity index (χ2n) is 6.52. The Kier molecular flexibility index (Phi) is 6.21. The lowest BCUT2D eigenvalue weighted by Gasteiger charge is -2.35. The van der Waals surface area contributed by atoms with Crippen LogP contribution in [0.1, 0.15) is 44.0 Å². The van der Waals surface area contributed by atoms with E-state index in [2.05, 4.69) is 29.4 Å². The van der Waals surface area contributed by atoms with Crippen molar-refractivity contribution in [3.05, 3.63) is 24.2 Å². The number of rotatable bonds is 6. The summed E-state index contributed by atoms with van der Waals surface area (Å²) in [6.45, 7) is 8.87. The van der Waals surface area contributed by atoms with E-state index in [1.54, 1.807) is 13.0 Å². The minimum Gasteiger partial charge on any atom is -0.472 e. The Morgan fingerprint density at radius 3 is 2.65 bits per heavy atom. The Labute approximate surface area is 137 Å². The van der Waals surface area contributed by atoms with Crippen molar-refractivity contribution < 1.29 is 14.0 Å². The van der Waals surface area contributed by atoms with E-state index in [4.69, 9.17) is 4.42 Å². The zero-order valence-corrected chi connectivity index (χ0v) is 14.2. The van der Waals surface area contributed by atoms with Gasteiger partial charge in [0.15, 0.2) is 0 Å². The summed E-state index contributed by atoms with van der Waals surface area (Å²) in [5, 5.41) is 5.59. The van der Waals surface area contributed by atoms with E-state index in [1.807, 2.05) is 0 Å². The Bertz CT molecular complexity index is 507. The fraction of sp³-hybridized carbons (Fsp3) is 0.647. The van der Waals surface area contributed by atoms with E-state index in [0.29, 0.717) is 18.2 Å². The minimum absolute atomic E-state index is 0.168. The van der Waals surface area contributed by atoms with E-state index < -0.39 is 6.04 Å².